The van der Waals surface area contributed by atoms with Crippen LogP contribution in [-0.2, 0) is 9.47 Å². The summed E-state index contributed by atoms with van der Waals surface area (Å²) in [6.07, 6.45) is 0.630. The summed E-state index contributed by atoms with van der Waals surface area (Å²) in [6.45, 7) is 7.88. The monoisotopic (exact) mass is 2330 g/mol. The van der Waals surface area contributed by atoms with Crippen molar-refractivity contribution in [1.29, 1.82) is 0 Å². The molecule has 0 aliphatic carbocycles. The number of anilines is 1. The predicted octanol–water partition coefficient (Wildman–Crippen LogP) is 38.6. The van der Waals surface area contributed by atoms with Gasteiger partial charge in [-0.05, 0) is 73.8 Å². The second-order valence-corrected chi connectivity index (χ2v) is 14.7. The molecule has 2 N–H and O–H groups in total. The zero-order valence-electron chi connectivity index (χ0n) is 72.0. The largest absolute Gasteiger partial charge is 0.477 e. The Hall–Kier alpha value is -13.7. The minimum Gasteiger partial charge on any atom is -0.477 e. The van der Waals surface area contributed by atoms with Crippen molar-refractivity contribution < 1.29 is 401 Å². The smallest absolute Gasteiger partial charge is 0.409 e. The van der Waals surface area contributed by atoms with Gasteiger partial charge in [-0.25, -0.2) is 24.4 Å². The highest BCUT2D eigenvalue weighted by molar-refractivity contribution is 6.04. The summed E-state index contributed by atoms with van der Waals surface area (Å²) >= 11 is 0. The maximum atomic E-state index is 13.1. The Bertz CT molecular complexity index is 3640. The number of benzene rings is 2. The van der Waals surface area contributed by atoms with Crippen molar-refractivity contribution in [1.82, 2.24) is 48.9 Å². The van der Waals surface area contributed by atoms with Gasteiger partial charge in [0, 0.05) is 403 Å². The van der Waals surface area contributed by atoms with Crippen molar-refractivity contribution in [2.45, 2.75) is 32.6 Å². The van der Waals surface area contributed by atoms with Crippen LogP contribution < -0.4 is 5.32 Å². The van der Waals surface area contributed by atoms with Crippen molar-refractivity contribution in [3.8, 4) is 22.8 Å². The van der Waals surface area contributed by atoms with E-state index in [1.807, 2.05) is 18.2 Å². The second-order valence-electron chi connectivity index (χ2n) is 14.7. The van der Waals surface area contributed by atoms with Crippen LogP contribution in [0.5, 0.6) is 0 Å². The molecule has 2 aliphatic heterocycles. The third kappa shape index (κ3) is 122. The van der Waals surface area contributed by atoms with Crippen molar-refractivity contribution >= 4 is 41.0 Å². The molecule has 864 valence electrons. The van der Waals surface area contributed by atoms with Gasteiger partial charge in [0.1, 0.15) is 17.0 Å². The molecular formula is C45H43F76N11O9. The van der Waals surface area contributed by atoms with Crippen LogP contribution in [0.4, 0.5) is 363 Å². The number of hydrogen-bond donors (Lipinski definition) is 2. The number of methoxy groups -OCH3 is 2. The van der Waals surface area contributed by atoms with E-state index in [0.717, 1.165) is 26.1 Å². The Morgan fingerprint density at radius 2 is 0.560 bits per heavy atom. The molecule has 0 saturated carbocycles. The highest BCUT2D eigenvalue weighted by Crippen LogP contribution is 2.31. The molecule has 0 radical (unpaired) electrons. The first-order valence-corrected chi connectivity index (χ1v) is 25.1. The molecule has 8 aromatic rings. The average molecular weight is 2330 g/mol. The molecule has 2 saturated heterocycles. The van der Waals surface area contributed by atoms with Gasteiger partial charge in [0.05, 0.1) is 49.4 Å². The molecule has 0 spiro atoms. The molecule has 0 unspecified atom stereocenters. The fraction of sp³-hybridized carbons (Fsp3) is 0.244. The van der Waals surface area contributed by atoms with E-state index in [2.05, 4.69) is 58.9 Å². The number of nitrogens with one attached hydrogen (secondary N) is 1. The van der Waals surface area contributed by atoms with E-state index in [4.69, 9.17) is 373 Å². The van der Waals surface area contributed by atoms with E-state index in [1.54, 1.807) is 30.0 Å². The SMILES string of the molecule is COC(=O)N1CC(c2nc(-c3ccc(C)c(C)c3)no2)C1.FF.FF.FF.FF.FF.FF.FF.FF.FF.FF.FF.FF.FF.FF.FF.FF.FF.FF.FF.FF.FF.FF.FF.FF.FF.FF.FF.FF.FF.FF.FF.FF.FF.FF.FF.FF.FF.FF.[2H]c1c([2H])c([2H])n2c(C(=O)Nc3cc(-c4noc(C5CN(C(=O)OC)C5)n4)ccc3C)cnc2c1[2H].[2H]c1c([2H])c([2H])n2c(C(=O)O)cnc2c1[2H]. The van der Waals surface area contributed by atoms with Crippen molar-refractivity contribution in [2.75, 3.05) is 45.7 Å². The zero-order chi connectivity index (χ0) is 129. The highest BCUT2D eigenvalue weighted by Gasteiger charge is 2.37. The molecule has 0 atom stereocenters. The number of hydrogen-bond acceptors (Lipinski definition) is 14. The lowest BCUT2D eigenvalue weighted by Crippen LogP contribution is -2.48. The Morgan fingerprint density at radius 1 is 0.333 bits per heavy atom. The summed E-state index contributed by atoms with van der Waals surface area (Å²) in [4.78, 5) is 66.4. The number of aryl methyl sites for hydroxylation is 3. The van der Waals surface area contributed by atoms with Crippen molar-refractivity contribution in [3.63, 3.8) is 0 Å². The molecule has 141 heavy (non-hydrogen) atoms. The van der Waals surface area contributed by atoms with Crippen LogP contribution in [0.15, 0.2) is 106 Å². The lowest BCUT2D eigenvalue weighted by molar-refractivity contribution is 0.0687. The van der Waals surface area contributed by atoms with Gasteiger partial charge in [0.2, 0.25) is 23.4 Å². The van der Waals surface area contributed by atoms with Gasteiger partial charge in [-0.15, -0.1) is 0 Å². The summed E-state index contributed by atoms with van der Waals surface area (Å²) in [5.74, 6) is -0.00392. The normalized spacial score (nSPS) is 8.63. The number of nitrogens with zero attached hydrogens (tertiary/aromatic N) is 10. The fourth-order valence-electron chi connectivity index (χ4n) is 6.58. The van der Waals surface area contributed by atoms with E-state index in [1.165, 1.54) is 36.4 Å². The first-order chi connectivity index (χ1) is 72.7. The Labute approximate surface area is 731 Å². The predicted molar refractivity (Wildman–Crippen MR) is 317 cm³/mol. The summed E-state index contributed by atoms with van der Waals surface area (Å²) in [6, 6.07) is 8.83. The average Bonchev–Trinajstić information content (AvgIpc) is 1.63. The molecular weight excluding hydrogens is 2280 g/mol. The molecule has 20 nitrogen and oxygen atoms in total. The minimum absolute atomic E-state index is 0.0382. The van der Waals surface area contributed by atoms with E-state index >= 15 is 0 Å². The highest BCUT2D eigenvalue weighted by atomic mass is 20.1. The zero-order valence-corrected chi connectivity index (χ0v) is 64.0. The molecule has 2 aromatic carbocycles. The number of ether oxygens (including phenoxy) is 2. The van der Waals surface area contributed by atoms with Crippen LogP contribution in [0.1, 0.15) is 72.3 Å². The summed E-state index contributed by atoms with van der Waals surface area (Å²) in [5, 5.41) is 19.7. The quantitative estimate of drug-likeness (QED) is 0.141. The number of aromatic carboxylic acids is 1. The number of amides is 3. The standard InChI is InChI=1S/C22H20N6O4.C15H17N3O3.C8H6N2O2.38F2/c1-13-6-7-14(19-25-21(32-26-19)15-11-27(12-15)22(30)31-2)9-16(13)24-20(29)17-10-23-18-5-3-4-8-28(17)18;1-9-4-5-11(6-10(9)2)13-16-14(21-17-13)12-7-18(8-12)15(19)20-3;11-8(12)6-5-9-7-3-1-2-4-10(6)7;38*1-2/h3-10,15H,11-12H2,1-2H3,(H,24,29);4-6,12H,7-8H2,1-3H3;1-5H,(H,11,12);;;;;;;;;;;;;;;;;;;;;;;;;;;;;;;;;;;;;;/i3D,4D,5D,8D;;1D,2D,3D,4D;;;;;;;;;;;;;;;;;;;;;;;;;;;;;;;;;;;;;;. The van der Waals surface area contributed by atoms with Gasteiger partial charge in [-0.2, -0.15) is 9.97 Å². The number of likely N-dealkylation sites (tertiary alicyclic amines) is 2. The van der Waals surface area contributed by atoms with Crippen LogP contribution in [0.2, 0.25) is 0 Å². The number of halogens is 76. The van der Waals surface area contributed by atoms with Crippen LogP contribution in [-0.4, -0.2) is 118 Å². The van der Waals surface area contributed by atoms with Gasteiger partial charge < -0.3 is 38.7 Å². The van der Waals surface area contributed by atoms with Crippen LogP contribution in [0.25, 0.3) is 34.1 Å². The van der Waals surface area contributed by atoms with Gasteiger partial charge >= 0.3 is 18.2 Å². The van der Waals surface area contributed by atoms with E-state index < -0.39 is 54.5 Å². The van der Waals surface area contributed by atoms with Gasteiger partial charge in [0.25, 0.3) is 5.91 Å². The topological polar surface area (TPSA) is 238 Å². The molecule has 2 aliphatic rings. The number of aromatic nitrogens is 8. The number of carboxylic acid groups (broad SMARTS) is 1. The number of fused-ring (bicyclic) bond motifs is 2. The summed E-state index contributed by atoms with van der Waals surface area (Å²) in [7, 11) is 2.70. The molecule has 2 fully saturated rings. The maximum Gasteiger partial charge on any atom is 0.409 e. The molecule has 10 rings (SSSR count). The Kier molecular flexibility index (Phi) is 329. The van der Waals surface area contributed by atoms with Crippen LogP contribution >= 0.6 is 0 Å². The molecule has 8 heterocycles. The van der Waals surface area contributed by atoms with E-state index in [0.29, 0.717) is 60.9 Å². The second kappa shape index (κ2) is 249. The van der Waals surface area contributed by atoms with E-state index in [-0.39, 0.29) is 52.7 Å². The van der Waals surface area contributed by atoms with Gasteiger partial charge in [-0.1, -0.05) is 46.7 Å². The van der Waals surface area contributed by atoms with Crippen molar-refractivity contribution in [2.24, 2.45) is 0 Å². The number of carboxylic acids is 1. The summed E-state index contributed by atoms with van der Waals surface area (Å²) in [5.41, 5.74) is 4.70. The Balaban J connectivity index is -0.0000000374. The number of carbonyl (C=O) groups excluding carboxylic acids is 3. The molecule has 6 aromatic heterocycles. The molecule has 3 amide bonds. The molecule has 96 heteroatoms. The lowest BCUT2D eigenvalue weighted by atomic mass is 10.0. The lowest BCUT2D eigenvalue weighted by Gasteiger charge is -2.35. The number of rotatable bonds is 7. The number of imidazole rings is 2. The minimum atomic E-state index is -1.29. The first-order valence-electron chi connectivity index (χ1n) is 29.1. The third-order valence-corrected chi connectivity index (χ3v) is 10.5. The van der Waals surface area contributed by atoms with Gasteiger partial charge in [0.15, 0.2) is 5.69 Å². The first kappa shape index (κ1) is 187. The Morgan fingerprint density at radius 3 is 0.794 bits per heavy atom. The number of carbonyl (C=O) groups is 4. The van der Waals surface area contributed by atoms with Crippen molar-refractivity contribution in [3.05, 3.63) is 137 Å². The van der Waals surface area contributed by atoms with Crippen LogP contribution in [0.3, 0.4) is 0 Å². The maximum absolute atomic E-state index is 13.1. The fourth-order valence-corrected chi connectivity index (χ4v) is 6.58. The molecule has 0 bridgehead atoms. The van der Waals surface area contributed by atoms with Crippen LogP contribution in [0, 0.1) is 20.8 Å². The number of pyridine rings is 2. The third-order valence-electron chi connectivity index (χ3n) is 10.5. The van der Waals surface area contributed by atoms with Gasteiger partial charge in [-0.3, -0.25) is 13.6 Å². The summed E-state index contributed by atoms with van der Waals surface area (Å²) < 4.78 is 692. The van der Waals surface area contributed by atoms with E-state index in [9.17, 15) is 19.2 Å².